The average molecular weight is 350 g/mol. The minimum Gasteiger partial charge on any atom is -0.327 e. The number of hydrogen-bond donors (Lipinski definition) is 1. The molecule has 26 heavy (non-hydrogen) atoms. The second kappa shape index (κ2) is 7.83. The lowest BCUT2D eigenvalue weighted by Crippen LogP contribution is -2.31. The van der Waals surface area contributed by atoms with E-state index in [1.54, 1.807) is 24.3 Å². The van der Waals surface area contributed by atoms with Crippen LogP contribution in [0.1, 0.15) is 56.7 Å². The second-order valence-electron chi connectivity index (χ2n) is 7.20. The first-order valence-corrected chi connectivity index (χ1v) is 9.24. The van der Waals surface area contributed by atoms with Gasteiger partial charge in [-0.05, 0) is 56.4 Å². The van der Waals surface area contributed by atoms with Crippen LogP contribution in [0.2, 0.25) is 0 Å². The maximum Gasteiger partial charge on any atom is 0.261 e. The lowest BCUT2D eigenvalue weighted by molar-refractivity contribution is 0.0651. The molecule has 2 aromatic rings. The van der Waals surface area contributed by atoms with Gasteiger partial charge in [-0.1, -0.05) is 42.3 Å². The van der Waals surface area contributed by atoms with Crippen LogP contribution in [0.4, 0.5) is 0 Å². The van der Waals surface area contributed by atoms with Crippen LogP contribution in [-0.4, -0.2) is 29.3 Å². The van der Waals surface area contributed by atoms with Crippen molar-refractivity contribution < 1.29 is 9.59 Å². The van der Waals surface area contributed by atoms with Crippen LogP contribution in [-0.2, 0) is 6.42 Å². The molecule has 3 rings (SSSR count). The Balaban J connectivity index is 1.46. The molecule has 4 nitrogen and oxygen atoms in total. The third-order valence-corrected chi connectivity index (χ3v) is 5.07. The summed E-state index contributed by atoms with van der Waals surface area (Å²) in [4.78, 5) is 26.0. The zero-order valence-electron chi connectivity index (χ0n) is 15.5. The summed E-state index contributed by atoms with van der Waals surface area (Å²) in [7, 11) is 0. The number of aryl methyl sites for hydroxylation is 2. The minimum atomic E-state index is -0.176. The molecule has 0 radical (unpaired) electrons. The normalized spacial score (nSPS) is 14.7. The van der Waals surface area contributed by atoms with Crippen LogP contribution >= 0.6 is 0 Å². The van der Waals surface area contributed by atoms with Gasteiger partial charge in [0, 0.05) is 12.6 Å². The maximum atomic E-state index is 12.3. The molecule has 4 heteroatoms. The van der Waals surface area contributed by atoms with E-state index < -0.39 is 0 Å². The fourth-order valence-corrected chi connectivity index (χ4v) is 3.58. The number of nitrogens with zero attached hydrogens (tertiary/aromatic N) is 1. The molecule has 0 saturated heterocycles. The van der Waals surface area contributed by atoms with E-state index in [1.807, 2.05) is 0 Å². The highest BCUT2D eigenvalue weighted by Gasteiger charge is 2.34. The van der Waals surface area contributed by atoms with Crippen LogP contribution in [0.3, 0.4) is 0 Å². The van der Waals surface area contributed by atoms with Crippen molar-refractivity contribution in [2.45, 2.75) is 45.6 Å². The number of imide groups is 1. The molecule has 136 valence electrons. The second-order valence-corrected chi connectivity index (χ2v) is 7.20. The third kappa shape index (κ3) is 3.86. The first-order valence-electron chi connectivity index (χ1n) is 9.24. The summed E-state index contributed by atoms with van der Waals surface area (Å²) in [5.74, 6) is -0.352. The van der Waals surface area contributed by atoms with Gasteiger partial charge in [0.15, 0.2) is 0 Å². The van der Waals surface area contributed by atoms with Crippen LogP contribution in [0.5, 0.6) is 0 Å². The maximum absolute atomic E-state index is 12.3. The van der Waals surface area contributed by atoms with E-state index >= 15 is 0 Å². The number of hydrogen-bond acceptors (Lipinski definition) is 3. The molecule has 1 unspecified atom stereocenters. The van der Waals surface area contributed by atoms with Crippen molar-refractivity contribution in [2.75, 3.05) is 6.54 Å². The summed E-state index contributed by atoms with van der Waals surface area (Å²) in [6, 6.07) is 13.6. The molecular formula is C22H26N2O2. The Bertz CT molecular complexity index is 794. The Kier molecular flexibility index (Phi) is 5.52. The van der Waals surface area contributed by atoms with Crippen molar-refractivity contribution in [1.82, 2.24) is 4.90 Å². The highest BCUT2D eigenvalue weighted by Crippen LogP contribution is 2.23. The molecule has 0 bridgehead atoms. The van der Waals surface area contributed by atoms with Crippen molar-refractivity contribution in [2.24, 2.45) is 5.73 Å². The predicted molar refractivity (Wildman–Crippen MR) is 103 cm³/mol. The van der Waals surface area contributed by atoms with Crippen molar-refractivity contribution in [1.29, 1.82) is 0 Å². The molecule has 0 aromatic heterocycles. The SMILES string of the molecule is Cc1ccc(CC(N)CCCCN2C(=O)c3ccccc3C2=O)c(C)c1. The number of benzene rings is 2. The van der Waals surface area contributed by atoms with Gasteiger partial charge in [0.25, 0.3) is 11.8 Å². The molecule has 2 N–H and O–H groups in total. The van der Waals surface area contributed by atoms with Crippen LogP contribution in [0.25, 0.3) is 0 Å². The van der Waals surface area contributed by atoms with Gasteiger partial charge in [0.05, 0.1) is 11.1 Å². The summed E-state index contributed by atoms with van der Waals surface area (Å²) in [6.07, 6.45) is 3.43. The Morgan fingerprint density at radius 2 is 1.62 bits per heavy atom. The predicted octanol–water partition coefficient (Wildman–Crippen LogP) is 3.64. The van der Waals surface area contributed by atoms with E-state index in [2.05, 4.69) is 32.0 Å². The largest absolute Gasteiger partial charge is 0.327 e. The van der Waals surface area contributed by atoms with E-state index in [0.29, 0.717) is 17.7 Å². The Morgan fingerprint density at radius 1 is 0.962 bits per heavy atom. The molecule has 0 saturated carbocycles. The van der Waals surface area contributed by atoms with Gasteiger partial charge in [0.2, 0.25) is 0 Å². The minimum absolute atomic E-state index is 0.0959. The number of amides is 2. The highest BCUT2D eigenvalue weighted by atomic mass is 16.2. The summed E-state index contributed by atoms with van der Waals surface area (Å²) in [5, 5.41) is 0. The Hall–Kier alpha value is -2.46. The fourth-order valence-electron chi connectivity index (χ4n) is 3.58. The number of nitrogens with two attached hydrogens (primary N) is 1. The van der Waals surface area contributed by atoms with Gasteiger partial charge in [-0.15, -0.1) is 0 Å². The molecule has 2 aromatic carbocycles. The van der Waals surface area contributed by atoms with Gasteiger partial charge >= 0.3 is 0 Å². The molecular weight excluding hydrogens is 324 g/mol. The van der Waals surface area contributed by atoms with Gasteiger partial charge in [0.1, 0.15) is 0 Å². The van der Waals surface area contributed by atoms with Crippen molar-refractivity contribution in [3.05, 3.63) is 70.3 Å². The number of carbonyl (C=O) groups is 2. The summed E-state index contributed by atoms with van der Waals surface area (Å²) >= 11 is 0. The first-order chi connectivity index (χ1) is 12.5. The molecule has 1 aliphatic rings. The van der Waals surface area contributed by atoms with E-state index in [4.69, 9.17) is 5.73 Å². The quantitative estimate of drug-likeness (QED) is 0.612. The number of unbranched alkanes of at least 4 members (excludes halogenated alkanes) is 1. The zero-order chi connectivity index (χ0) is 18.7. The lowest BCUT2D eigenvalue weighted by atomic mass is 9.97. The Labute approximate surface area is 155 Å². The number of rotatable bonds is 7. The van der Waals surface area contributed by atoms with Gasteiger partial charge in [-0.3, -0.25) is 14.5 Å². The zero-order valence-corrected chi connectivity index (χ0v) is 15.5. The van der Waals surface area contributed by atoms with Gasteiger partial charge in [-0.25, -0.2) is 0 Å². The summed E-state index contributed by atoms with van der Waals surface area (Å²) < 4.78 is 0. The average Bonchev–Trinajstić information content (AvgIpc) is 2.86. The van der Waals surface area contributed by atoms with Crippen molar-refractivity contribution in [3.63, 3.8) is 0 Å². The van der Waals surface area contributed by atoms with Crippen molar-refractivity contribution in [3.8, 4) is 0 Å². The van der Waals surface area contributed by atoms with Crippen molar-refractivity contribution >= 4 is 11.8 Å². The van der Waals surface area contributed by atoms with E-state index in [9.17, 15) is 9.59 Å². The molecule has 0 spiro atoms. The third-order valence-electron chi connectivity index (χ3n) is 5.07. The molecule has 1 heterocycles. The fraction of sp³-hybridized carbons (Fsp3) is 0.364. The number of carbonyl (C=O) groups excluding carboxylic acids is 2. The number of fused-ring (bicyclic) bond motifs is 1. The summed E-state index contributed by atoms with van der Waals surface area (Å²) in [5.41, 5.74) is 11.2. The monoisotopic (exact) mass is 350 g/mol. The van der Waals surface area contributed by atoms with Crippen LogP contribution in [0, 0.1) is 13.8 Å². The Morgan fingerprint density at radius 3 is 2.23 bits per heavy atom. The van der Waals surface area contributed by atoms with Gasteiger partial charge < -0.3 is 5.73 Å². The molecule has 0 aliphatic carbocycles. The topological polar surface area (TPSA) is 63.4 Å². The van der Waals surface area contributed by atoms with Gasteiger partial charge in [-0.2, -0.15) is 0 Å². The van der Waals surface area contributed by atoms with E-state index in [-0.39, 0.29) is 17.9 Å². The van der Waals surface area contributed by atoms with E-state index in [0.717, 1.165) is 25.7 Å². The molecule has 2 amide bonds. The molecule has 1 aliphatic heterocycles. The smallest absolute Gasteiger partial charge is 0.261 e. The van der Waals surface area contributed by atoms with Crippen LogP contribution in [0.15, 0.2) is 42.5 Å². The lowest BCUT2D eigenvalue weighted by Gasteiger charge is -2.16. The molecule has 1 atom stereocenters. The van der Waals surface area contributed by atoms with Crippen LogP contribution < -0.4 is 5.73 Å². The summed E-state index contributed by atoms with van der Waals surface area (Å²) in [6.45, 7) is 4.68. The van der Waals surface area contributed by atoms with E-state index in [1.165, 1.54) is 21.6 Å². The first kappa shape index (κ1) is 18.3. The molecule has 0 fully saturated rings. The highest BCUT2D eigenvalue weighted by molar-refractivity contribution is 6.21. The standard InChI is InChI=1S/C22H26N2O2/c1-15-10-11-17(16(2)13-15)14-18(23)7-5-6-12-24-21(25)19-8-3-4-9-20(19)22(24)26/h3-4,8-11,13,18H,5-7,12,14,23H2,1-2H3.